The van der Waals surface area contributed by atoms with Crippen LogP contribution in [0.4, 0.5) is 26.3 Å². The summed E-state index contributed by atoms with van der Waals surface area (Å²) in [7, 11) is 4.40. The second kappa shape index (κ2) is 45.3. The Labute approximate surface area is 789 Å². The van der Waals surface area contributed by atoms with Gasteiger partial charge in [0.1, 0.15) is 45.9 Å². The van der Waals surface area contributed by atoms with Gasteiger partial charge >= 0.3 is 35.8 Å². The zero-order valence-electron chi connectivity index (χ0n) is 82.0. The van der Waals surface area contributed by atoms with Gasteiger partial charge in [0.15, 0.2) is 0 Å². The van der Waals surface area contributed by atoms with Gasteiger partial charge in [0.05, 0.1) is 56.6 Å². The lowest BCUT2D eigenvalue weighted by Crippen LogP contribution is -2.43. The van der Waals surface area contributed by atoms with Crippen molar-refractivity contribution >= 4 is 35.8 Å². The number of carboxylic acids is 2. The molecule has 135 heavy (non-hydrogen) atoms. The summed E-state index contributed by atoms with van der Waals surface area (Å²) in [4.78, 5) is 93.7. The standard InChI is InChI=1S/C37H46F2N2O5.C33H38F2N2O5.C20H25FN2O3.C17H23FO3/c1-22(2)41(23(3)4)21-27-17-26(15-16-29(27)30-19-32(44-9)40-20-31(30)38)34(42)45-28-12-10-11-25(18-28)33(24-13-14-24)37(8,39)35(43)46-36(5,6)7;1-19(2)37(20(3)4)18-24-14-23(12-13-26(24)27-16-29(41-6)36-17-28(27)34)31(38)42-25-9-7-8-22(15-25)30(21-10-11-21)33(5,35)32(39)40;1-12(2)23(13(3)4)11-15-8-14(20(24)25)6-7-16(15)17-9-19(26-5)22-10-18(17)21;1-16(2,3)21-15(20)17(4,18)14(11-8-9-11)12-6-5-7-13(19)10-12/h10-12,15-20,22-24,33H,13-14,21H2,1-9H3;7-9,12-17,19-21,30H,10-11,18H2,1-6H3,(H,39,40);6-10,12-13H,11H2,1-5H3,(H,24,25);5-7,10-11,14,19H,8-9H2,1-4H3/t33-,37+;30-,33+;;14-,17+/m00.0/s1. The highest BCUT2D eigenvalue weighted by Gasteiger charge is 2.54. The Morgan fingerprint density at radius 2 is 0.659 bits per heavy atom. The van der Waals surface area contributed by atoms with Crippen LogP contribution in [-0.2, 0) is 43.5 Å². The number of aliphatic carboxylic acids is 1. The van der Waals surface area contributed by atoms with Gasteiger partial charge in [-0.1, -0.05) is 54.6 Å². The molecule has 3 fully saturated rings. The van der Waals surface area contributed by atoms with Gasteiger partial charge in [0, 0.05) is 109 Å². The summed E-state index contributed by atoms with van der Waals surface area (Å²) in [6.45, 7) is 40.3. The zero-order valence-corrected chi connectivity index (χ0v) is 82.0. The number of benzene rings is 6. The number of carbonyl (C=O) groups is 6. The third-order valence-electron chi connectivity index (χ3n) is 24.2. The summed E-state index contributed by atoms with van der Waals surface area (Å²) >= 11 is 0. The van der Waals surface area contributed by atoms with Gasteiger partial charge in [0.25, 0.3) is 0 Å². The van der Waals surface area contributed by atoms with Crippen molar-refractivity contribution in [3.63, 3.8) is 0 Å². The number of phenols is 1. The van der Waals surface area contributed by atoms with Crippen LogP contribution in [-0.4, -0.2) is 167 Å². The number of aromatic hydroxyl groups is 1. The van der Waals surface area contributed by atoms with Gasteiger partial charge in [-0.3, -0.25) is 14.7 Å². The molecule has 3 aromatic heterocycles. The van der Waals surface area contributed by atoms with E-state index in [0.717, 1.165) is 80.7 Å². The number of esters is 4. The Bertz CT molecular complexity index is 5610. The molecule has 3 N–H and O–H groups in total. The predicted octanol–water partition coefficient (Wildman–Crippen LogP) is 23.5. The Morgan fingerprint density at radius 3 is 0.926 bits per heavy atom. The van der Waals surface area contributed by atoms with Gasteiger partial charge in [-0.25, -0.2) is 70.1 Å². The molecule has 0 unspecified atom stereocenters. The van der Waals surface area contributed by atoms with E-state index in [9.17, 15) is 52.9 Å². The topological polar surface area (TPSA) is 276 Å². The molecule has 12 rings (SSSR count). The van der Waals surface area contributed by atoms with Crippen LogP contribution in [0.3, 0.4) is 0 Å². The summed E-state index contributed by atoms with van der Waals surface area (Å²) in [6.07, 6.45) is 8.19. The highest BCUT2D eigenvalue weighted by Crippen LogP contribution is 2.54. The number of phenolic OH excluding ortho intramolecular Hbond substituents is 1. The Balaban J connectivity index is 0.000000211. The van der Waals surface area contributed by atoms with E-state index in [-0.39, 0.29) is 99.7 Å². The molecule has 0 radical (unpaired) electrons. The minimum Gasteiger partial charge on any atom is -0.508 e. The lowest BCUT2D eigenvalue weighted by Gasteiger charge is -2.32. The van der Waals surface area contributed by atoms with Crippen molar-refractivity contribution in [3.05, 3.63) is 232 Å². The third-order valence-corrected chi connectivity index (χ3v) is 24.2. The second-order valence-electron chi connectivity index (χ2n) is 39.1. The van der Waals surface area contributed by atoms with Crippen LogP contribution in [0.1, 0.15) is 266 Å². The average molecular weight is 1870 g/mol. The van der Waals surface area contributed by atoms with Crippen molar-refractivity contribution in [2.75, 3.05) is 21.3 Å². The highest BCUT2D eigenvalue weighted by atomic mass is 19.2. The van der Waals surface area contributed by atoms with E-state index in [4.69, 9.17) is 33.2 Å². The predicted molar refractivity (Wildman–Crippen MR) is 508 cm³/mol. The smallest absolute Gasteiger partial charge is 0.344 e. The maximum Gasteiger partial charge on any atom is 0.344 e. The van der Waals surface area contributed by atoms with Gasteiger partial charge in [-0.2, -0.15) is 0 Å². The normalized spacial score (nSPS) is 15.4. The fraction of sp³-hybridized carbons (Fsp3) is 0.467. The number of ether oxygens (including phenoxy) is 7. The first kappa shape index (κ1) is 107. The quantitative estimate of drug-likeness (QED) is 0.0189. The first-order valence-electron chi connectivity index (χ1n) is 45.9. The molecule has 728 valence electrons. The minimum absolute atomic E-state index is 0.0272. The summed E-state index contributed by atoms with van der Waals surface area (Å²) in [6, 6.07) is 40.2. The van der Waals surface area contributed by atoms with Crippen LogP contribution < -0.4 is 23.7 Å². The lowest BCUT2D eigenvalue weighted by atomic mass is 9.80. The van der Waals surface area contributed by atoms with Crippen LogP contribution in [0.15, 0.2) is 164 Å². The van der Waals surface area contributed by atoms with Crippen molar-refractivity contribution in [1.29, 1.82) is 0 Å². The number of hydrogen-bond donors (Lipinski definition) is 3. The first-order valence-corrected chi connectivity index (χ1v) is 45.9. The van der Waals surface area contributed by atoms with Crippen LogP contribution in [0.25, 0.3) is 33.4 Å². The molecular formula is C107H132F6N6O16. The molecule has 3 aliphatic rings. The Kier molecular flexibility index (Phi) is 35.9. The van der Waals surface area contributed by atoms with Crippen molar-refractivity contribution in [3.8, 4) is 68.3 Å². The number of nitrogens with zero attached hydrogens (tertiary/aromatic N) is 6. The Morgan fingerprint density at radius 1 is 0.378 bits per heavy atom. The van der Waals surface area contributed by atoms with Crippen molar-refractivity contribution in [2.45, 2.75) is 286 Å². The lowest BCUT2D eigenvalue weighted by molar-refractivity contribution is -0.171. The van der Waals surface area contributed by atoms with E-state index in [1.807, 2.05) is 0 Å². The van der Waals surface area contributed by atoms with Crippen molar-refractivity contribution < 1.29 is 104 Å². The SMILES string of the molecule is CC(C)(C)OC(=O)[C@](C)(F)[C@H](c1cccc(O)c1)C1CC1.COc1cc(-c2ccc(C(=O)O)cc2CN(C(C)C)C(C)C)c(F)cn1.COc1cc(-c2ccc(C(=O)Oc3cccc([C@H](C4CC4)[C@@](C)(F)C(=O)O)c3)cc2CN(C(C)C)C(C)C)c(F)cn1.COc1cc(-c2ccc(C(=O)Oc3cccc([C@H](C4CC4)[C@@](C)(F)C(=O)OC(C)(C)C)c3)cc2CN(C(C)C)C(C)C)c(F)cn1. The van der Waals surface area contributed by atoms with Gasteiger partial charge in [0.2, 0.25) is 34.6 Å². The van der Waals surface area contributed by atoms with Gasteiger partial charge in [-0.15, -0.1) is 0 Å². The number of rotatable bonds is 35. The highest BCUT2D eigenvalue weighted by molar-refractivity contribution is 5.94. The number of aromatic carboxylic acids is 1. The molecule has 0 spiro atoms. The number of alkyl halides is 3. The number of carbonyl (C=O) groups excluding carboxylic acids is 4. The number of hydrogen-bond acceptors (Lipinski definition) is 20. The molecule has 0 amide bonds. The molecule has 28 heteroatoms. The Hall–Kier alpha value is -11.8. The van der Waals surface area contributed by atoms with Gasteiger partial charge < -0.3 is 48.5 Å². The summed E-state index contributed by atoms with van der Waals surface area (Å²) in [5, 5.41) is 28.5. The van der Waals surface area contributed by atoms with Crippen LogP contribution >= 0.6 is 0 Å². The molecule has 9 aromatic rings. The van der Waals surface area contributed by atoms with E-state index in [0.29, 0.717) is 75.6 Å². The number of halogens is 6. The average Bonchev–Trinajstić information content (AvgIpc) is 1.29. The van der Waals surface area contributed by atoms with Crippen LogP contribution in [0, 0.1) is 35.2 Å². The zero-order chi connectivity index (χ0) is 100. The number of carboxylic acid groups (broad SMARTS) is 2. The van der Waals surface area contributed by atoms with Crippen LogP contribution in [0.2, 0.25) is 0 Å². The van der Waals surface area contributed by atoms with E-state index >= 15 is 17.6 Å². The molecule has 6 atom stereocenters. The van der Waals surface area contributed by atoms with E-state index < -0.39 is 99.2 Å². The number of aromatic nitrogens is 3. The molecular weight excluding hydrogens is 1740 g/mol. The number of pyridine rings is 3. The molecule has 3 heterocycles. The second-order valence-corrected chi connectivity index (χ2v) is 39.1. The maximum atomic E-state index is 16.2. The maximum absolute atomic E-state index is 16.2. The fourth-order valence-corrected chi connectivity index (χ4v) is 17.1. The summed E-state index contributed by atoms with van der Waals surface area (Å²) < 4.78 is 129. The molecule has 6 aromatic carbocycles. The molecule has 3 saturated carbocycles. The van der Waals surface area contributed by atoms with E-state index in [1.54, 1.807) is 151 Å². The summed E-state index contributed by atoms with van der Waals surface area (Å²) in [5.41, 5.74) is -0.999. The largest absolute Gasteiger partial charge is 0.508 e. The van der Waals surface area contributed by atoms with E-state index in [1.165, 1.54) is 71.6 Å². The first-order chi connectivity index (χ1) is 63.2. The number of methoxy groups -OCH3 is 3. The fourth-order valence-electron chi connectivity index (χ4n) is 17.1. The molecule has 0 saturated heterocycles. The van der Waals surface area contributed by atoms with Crippen molar-refractivity contribution in [2.24, 2.45) is 17.8 Å². The van der Waals surface area contributed by atoms with Gasteiger partial charge in [-0.05, 0) is 325 Å². The van der Waals surface area contributed by atoms with Crippen LogP contribution in [0.5, 0.6) is 34.9 Å². The third kappa shape index (κ3) is 28.5. The monoisotopic (exact) mass is 1870 g/mol. The minimum atomic E-state index is -2.46. The summed E-state index contributed by atoms with van der Waals surface area (Å²) in [5.74, 6) is -7.88. The molecule has 0 aliphatic heterocycles. The molecule has 22 nitrogen and oxygen atoms in total. The van der Waals surface area contributed by atoms with Crippen molar-refractivity contribution in [1.82, 2.24) is 29.7 Å². The van der Waals surface area contributed by atoms with E-state index in [2.05, 4.69) is 113 Å². The molecule has 3 aliphatic carbocycles. The molecule has 0 bridgehead atoms.